The fraction of sp³-hybridized carbons (Fsp3) is 0.200. The van der Waals surface area contributed by atoms with Gasteiger partial charge >= 0.3 is 0 Å². The topological polar surface area (TPSA) is 58.2 Å². The summed E-state index contributed by atoms with van der Waals surface area (Å²) in [4.78, 5) is 23.5. The Bertz CT molecular complexity index is 670. The number of amides is 2. The van der Waals surface area contributed by atoms with Crippen LogP contribution in [0.5, 0.6) is 0 Å². The standard InChI is InChI=1S/C15H15BrN2O2/c1-9(14(19)17-2)18-15(20)12-4-3-11-8-13(16)6-5-10(11)7-12/h3-9H,1-2H3,(H,17,19)(H,18,20). The van der Waals surface area contributed by atoms with Crippen LogP contribution in [0.1, 0.15) is 17.3 Å². The molecule has 0 aromatic heterocycles. The molecule has 2 rings (SSSR count). The van der Waals surface area contributed by atoms with Crippen molar-refractivity contribution in [1.82, 2.24) is 10.6 Å². The maximum atomic E-state index is 12.1. The van der Waals surface area contributed by atoms with Gasteiger partial charge in [-0.15, -0.1) is 0 Å². The second kappa shape index (κ2) is 6.05. The molecule has 0 saturated carbocycles. The van der Waals surface area contributed by atoms with Crippen molar-refractivity contribution < 1.29 is 9.59 Å². The van der Waals surface area contributed by atoms with E-state index in [0.717, 1.165) is 15.2 Å². The molecule has 0 radical (unpaired) electrons. The van der Waals surface area contributed by atoms with Crippen LogP contribution in [0.2, 0.25) is 0 Å². The number of hydrogen-bond donors (Lipinski definition) is 2. The van der Waals surface area contributed by atoms with Crippen LogP contribution in [0.25, 0.3) is 10.8 Å². The van der Waals surface area contributed by atoms with E-state index in [2.05, 4.69) is 26.6 Å². The molecule has 2 aromatic rings. The van der Waals surface area contributed by atoms with Gasteiger partial charge in [-0.3, -0.25) is 9.59 Å². The lowest BCUT2D eigenvalue weighted by molar-refractivity contribution is -0.122. The van der Waals surface area contributed by atoms with E-state index in [4.69, 9.17) is 0 Å². The second-order valence-electron chi connectivity index (χ2n) is 4.52. The van der Waals surface area contributed by atoms with Gasteiger partial charge in [-0.25, -0.2) is 0 Å². The molecule has 0 saturated heterocycles. The van der Waals surface area contributed by atoms with Crippen molar-refractivity contribution in [2.45, 2.75) is 13.0 Å². The predicted molar refractivity (Wildman–Crippen MR) is 82.6 cm³/mol. The number of carbonyl (C=O) groups is 2. The summed E-state index contributed by atoms with van der Waals surface area (Å²) in [5.41, 5.74) is 0.538. The van der Waals surface area contributed by atoms with Gasteiger partial charge in [0.2, 0.25) is 5.91 Å². The Morgan fingerprint density at radius 2 is 1.75 bits per heavy atom. The highest BCUT2D eigenvalue weighted by molar-refractivity contribution is 9.10. The quantitative estimate of drug-likeness (QED) is 0.905. The molecule has 0 heterocycles. The first-order valence-electron chi connectivity index (χ1n) is 6.23. The zero-order valence-electron chi connectivity index (χ0n) is 11.2. The largest absolute Gasteiger partial charge is 0.357 e. The molecule has 2 aromatic carbocycles. The Morgan fingerprint density at radius 1 is 1.10 bits per heavy atom. The summed E-state index contributed by atoms with van der Waals surface area (Å²) < 4.78 is 0.996. The number of carbonyl (C=O) groups excluding carboxylic acids is 2. The molecule has 1 atom stereocenters. The van der Waals surface area contributed by atoms with E-state index in [1.807, 2.05) is 30.3 Å². The average molecular weight is 335 g/mol. The molecule has 0 aliphatic rings. The van der Waals surface area contributed by atoms with E-state index in [1.165, 1.54) is 0 Å². The highest BCUT2D eigenvalue weighted by Crippen LogP contribution is 2.21. The maximum absolute atomic E-state index is 12.1. The third-order valence-electron chi connectivity index (χ3n) is 3.05. The van der Waals surface area contributed by atoms with Crippen LogP contribution in [0, 0.1) is 0 Å². The van der Waals surface area contributed by atoms with Gasteiger partial charge in [0, 0.05) is 17.1 Å². The lowest BCUT2D eigenvalue weighted by atomic mass is 10.1. The van der Waals surface area contributed by atoms with Gasteiger partial charge in [0.05, 0.1) is 0 Å². The molecule has 2 amide bonds. The first-order chi connectivity index (χ1) is 9.51. The van der Waals surface area contributed by atoms with Crippen molar-refractivity contribution in [3.05, 3.63) is 46.4 Å². The van der Waals surface area contributed by atoms with Crippen molar-refractivity contribution in [1.29, 1.82) is 0 Å². The van der Waals surface area contributed by atoms with Crippen LogP contribution < -0.4 is 10.6 Å². The van der Waals surface area contributed by atoms with Gasteiger partial charge in [-0.05, 0) is 42.0 Å². The third kappa shape index (κ3) is 3.17. The van der Waals surface area contributed by atoms with Crippen LogP contribution in [-0.4, -0.2) is 24.9 Å². The number of nitrogens with one attached hydrogen (secondary N) is 2. The monoisotopic (exact) mass is 334 g/mol. The normalized spacial score (nSPS) is 11.9. The van der Waals surface area contributed by atoms with Crippen LogP contribution >= 0.6 is 15.9 Å². The molecule has 0 bridgehead atoms. The SMILES string of the molecule is CNC(=O)C(C)NC(=O)c1ccc2cc(Br)ccc2c1. The van der Waals surface area contributed by atoms with E-state index < -0.39 is 6.04 Å². The fourth-order valence-corrected chi connectivity index (χ4v) is 2.30. The van der Waals surface area contributed by atoms with Gasteiger partial charge < -0.3 is 10.6 Å². The molecule has 104 valence electrons. The highest BCUT2D eigenvalue weighted by Gasteiger charge is 2.15. The smallest absolute Gasteiger partial charge is 0.251 e. The fourth-order valence-electron chi connectivity index (χ4n) is 1.92. The Morgan fingerprint density at radius 3 is 2.45 bits per heavy atom. The molecule has 0 aliphatic carbocycles. The average Bonchev–Trinajstić information content (AvgIpc) is 2.45. The number of hydrogen-bond acceptors (Lipinski definition) is 2. The molecule has 4 nitrogen and oxygen atoms in total. The van der Waals surface area contributed by atoms with Gasteiger partial charge in [0.25, 0.3) is 5.91 Å². The summed E-state index contributed by atoms with van der Waals surface area (Å²) in [6.45, 7) is 1.65. The first-order valence-corrected chi connectivity index (χ1v) is 7.02. The van der Waals surface area contributed by atoms with E-state index in [1.54, 1.807) is 20.0 Å². The van der Waals surface area contributed by atoms with E-state index >= 15 is 0 Å². The van der Waals surface area contributed by atoms with Crippen LogP contribution in [-0.2, 0) is 4.79 Å². The molecular formula is C15H15BrN2O2. The lowest BCUT2D eigenvalue weighted by Gasteiger charge is -2.12. The minimum absolute atomic E-state index is 0.219. The number of likely N-dealkylation sites (N-methyl/N-ethyl adjacent to an activating group) is 1. The molecule has 2 N–H and O–H groups in total. The molecule has 0 spiro atoms. The number of benzene rings is 2. The summed E-state index contributed by atoms with van der Waals surface area (Å²) in [5, 5.41) is 7.19. The summed E-state index contributed by atoms with van der Waals surface area (Å²) in [5.74, 6) is -0.478. The lowest BCUT2D eigenvalue weighted by Crippen LogP contribution is -2.43. The molecule has 0 aliphatic heterocycles. The number of rotatable bonds is 3. The van der Waals surface area contributed by atoms with E-state index in [9.17, 15) is 9.59 Å². The van der Waals surface area contributed by atoms with Crippen molar-refractivity contribution in [2.24, 2.45) is 0 Å². The Balaban J connectivity index is 2.22. The van der Waals surface area contributed by atoms with Gasteiger partial charge in [-0.1, -0.05) is 28.1 Å². The molecule has 5 heteroatoms. The van der Waals surface area contributed by atoms with Crippen molar-refractivity contribution in [3.63, 3.8) is 0 Å². The van der Waals surface area contributed by atoms with E-state index in [0.29, 0.717) is 5.56 Å². The van der Waals surface area contributed by atoms with Crippen molar-refractivity contribution in [2.75, 3.05) is 7.05 Å². The summed E-state index contributed by atoms with van der Waals surface area (Å²) >= 11 is 3.41. The first kappa shape index (κ1) is 14.5. The zero-order chi connectivity index (χ0) is 14.7. The van der Waals surface area contributed by atoms with Crippen LogP contribution in [0.15, 0.2) is 40.9 Å². The highest BCUT2D eigenvalue weighted by atomic mass is 79.9. The van der Waals surface area contributed by atoms with Crippen LogP contribution in [0.3, 0.4) is 0 Å². The Labute approximate surface area is 125 Å². The summed E-state index contributed by atoms with van der Waals surface area (Å²) in [7, 11) is 1.54. The maximum Gasteiger partial charge on any atom is 0.251 e. The van der Waals surface area contributed by atoms with Crippen LogP contribution in [0.4, 0.5) is 0 Å². The predicted octanol–water partition coefficient (Wildman–Crippen LogP) is 2.47. The summed E-state index contributed by atoms with van der Waals surface area (Å²) in [6, 6.07) is 10.8. The molecule has 20 heavy (non-hydrogen) atoms. The van der Waals surface area contributed by atoms with E-state index in [-0.39, 0.29) is 11.8 Å². The van der Waals surface area contributed by atoms with Gasteiger partial charge in [0.15, 0.2) is 0 Å². The minimum atomic E-state index is -0.562. The van der Waals surface area contributed by atoms with Gasteiger partial charge in [-0.2, -0.15) is 0 Å². The second-order valence-corrected chi connectivity index (χ2v) is 5.43. The third-order valence-corrected chi connectivity index (χ3v) is 3.55. The molecular weight excluding hydrogens is 320 g/mol. The van der Waals surface area contributed by atoms with Crippen molar-refractivity contribution >= 4 is 38.5 Å². The Kier molecular flexibility index (Phi) is 4.39. The number of fused-ring (bicyclic) bond motifs is 1. The Hall–Kier alpha value is -1.88. The molecule has 1 unspecified atom stereocenters. The zero-order valence-corrected chi connectivity index (χ0v) is 12.8. The summed E-state index contributed by atoms with van der Waals surface area (Å²) in [6.07, 6.45) is 0. The minimum Gasteiger partial charge on any atom is -0.357 e. The molecule has 0 fully saturated rings. The van der Waals surface area contributed by atoms with Crippen molar-refractivity contribution in [3.8, 4) is 0 Å². The number of halogens is 1. The van der Waals surface area contributed by atoms with Gasteiger partial charge in [0.1, 0.15) is 6.04 Å².